The van der Waals surface area contributed by atoms with E-state index in [9.17, 15) is 9.59 Å². The number of nitrogens with zero attached hydrogens (tertiary/aromatic N) is 2. The number of hydrogen-bond donors (Lipinski definition) is 0. The first kappa shape index (κ1) is 27.3. The van der Waals surface area contributed by atoms with E-state index in [4.69, 9.17) is 23.7 Å². The summed E-state index contributed by atoms with van der Waals surface area (Å²) in [7, 11) is 3.34. The Morgan fingerprint density at radius 2 is 1.44 bits per heavy atom. The van der Waals surface area contributed by atoms with Crippen LogP contribution in [0.5, 0.6) is 0 Å². The van der Waals surface area contributed by atoms with E-state index in [1.165, 1.54) is 0 Å². The van der Waals surface area contributed by atoms with Crippen molar-refractivity contribution in [2.45, 2.75) is 96.0 Å². The van der Waals surface area contributed by atoms with Gasteiger partial charge in [0.15, 0.2) is 0 Å². The first-order valence-corrected chi connectivity index (χ1v) is 12.8. The molecule has 2 heterocycles. The van der Waals surface area contributed by atoms with Crippen molar-refractivity contribution in [3.8, 4) is 0 Å². The monoisotopic (exact) mass is 484 g/mol. The van der Waals surface area contributed by atoms with Crippen LogP contribution in [0.2, 0.25) is 0 Å². The molecule has 34 heavy (non-hydrogen) atoms. The summed E-state index contributed by atoms with van der Waals surface area (Å²) in [6.45, 7) is 10.4. The predicted octanol–water partition coefficient (Wildman–Crippen LogP) is 2.56. The van der Waals surface area contributed by atoms with E-state index in [2.05, 4.69) is 4.90 Å². The van der Waals surface area contributed by atoms with Gasteiger partial charge in [0.05, 0.1) is 30.8 Å². The van der Waals surface area contributed by atoms with Gasteiger partial charge in [0.25, 0.3) is 5.85 Å². The second kappa shape index (κ2) is 11.6. The van der Waals surface area contributed by atoms with Crippen LogP contribution in [0.4, 0.5) is 0 Å². The minimum atomic E-state index is -1.35. The molecule has 0 bridgehead atoms. The van der Waals surface area contributed by atoms with E-state index in [0.29, 0.717) is 45.4 Å². The maximum Gasteiger partial charge on any atom is 0.371 e. The summed E-state index contributed by atoms with van der Waals surface area (Å²) in [4.78, 5) is 30.4. The number of ether oxygens (including phenoxy) is 5. The number of likely N-dealkylation sites (tertiary alicyclic amines) is 2. The third kappa shape index (κ3) is 6.10. The lowest BCUT2D eigenvalue weighted by molar-refractivity contribution is -0.275. The van der Waals surface area contributed by atoms with E-state index < -0.39 is 11.4 Å². The summed E-state index contributed by atoms with van der Waals surface area (Å²) in [5.74, 6) is -1.98. The average Bonchev–Trinajstić information content (AvgIpc) is 3.47. The van der Waals surface area contributed by atoms with Crippen molar-refractivity contribution in [3.05, 3.63) is 0 Å². The van der Waals surface area contributed by atoms with Gasteiger partial charge in [-0.05, 0) is 66.2 Å². The summed E-state index contributed by atoms with van der Waals surface area (Å²) >= 11 is 0. The molecule has 196 valence electrons. The van der Waals surface area contributed by atoms with Gasteiger partial charge in [0.1, 0.15) is 5.60 Å². The van der Waals surface area contributed by atoms with Crippen LogP contribution in [-0.2, 0) is 33.3 Å². The summed E-state index contributed by atoms with van der Waals surface area (Å²) < 4.78 is 29.4. The highest BCUT2D eigenvalue weighted by molar-refractivity contribution is 5.79. The quantitative estimate of drug-likeness (QED) is 0.458. The fourth-order valence-corrected chi connectivity index (χ4v) is 5.37. The Bertz CT molecular complexity index is 671. The van der Waals surface area contributed by atoms with Gasteiger partial charge < -0.3 is 23.7 Å². The molecule has 2 saturated heterocycles. The van der Waals surface area contributed by atoms with E-state index in [0.717, 1.165) is 25.9 Å². The fraction of sp³-hybridized carbons (Fsp3) is 0.920. The molecule has 3 rings (SSSR count). The Morgan fingerprint density at radius 3 is 1.91 bits per heavy atom. The number of methoxy groups -OCH3 is 2. The Balaban J connectivity index is 1.89. The lowest BCUT2D eigenvalue weighted by Crippen LogP contribution is -2.68. The second-order valence-electron chi connectivity index (χ2n) is 10.6. The Kier molecular flexibility index (Phi) is 9.36. The normalized spacial score (nSPS) is 30.8. The molecule has 9 nitrogen and oxygen atoms in total. The van der Waals surface area contributed by atoms with Crippen molar-refractivity contribution in [3.63, 3.8) is 0 Å². The lowest BCUT2D eigenvalue weighted by Gasteiger charge is -2.48. The molecule has 0 aromatic carbocycles. The van der Waals surface area contributed by atoms with Crippen LogP contribution in [-0.4, -0.2) is 98.5 Å². The third-order valence-electron chi connectivity index (χ3n) is 7.07. The van der Waals surface area contributed by atoms with Gasteiger partial charge in [-0.25, -0.2) is 9.69 Å². The van der Waals surface area contributed by atoms with Gasteiger partial charge in [-0.2, -0.15) is 0 Å². The minimum absolute atomic E-state index is 0.106. The van der Waals surface area contributed by atoms with Crippen LogP contribution in [0.15, 0.2) is 0 Å². The second-order valence-corrected chi connectivity index (χ2v) is 10.6. The van der Waals surface area contributed by atoms with Gasteiger partial charge in [-0.1, -0.05) is 0 Å². The minimum Gasteiger partial charge on any atom is -0.466 e. The molecule has 1 aliphatic carbocycles. The molecule has 1 saturated carbocycles. The molecule has 1 unspecified atom stereocenters. The zero-order chi connectivity index (χ0) is 24.9. The number of rotatable bonds is 9. The molecule has 3 aliphatic rings. The lowest BCUT2D eigenvalue weighted by atomic mass is 9.87. The molecule has 0 amide bonds. The molecule has 2 aliphatic heterocycles. The number of carbonyl (C=O) groups excluding carboxylic acids is 2. The van der Waals surface area contributed by atoms with Gasteiger partial charge in [-0.15, -0.1) is 0 Å². The largest absolute Gasteiger partial charge is 0.466 e. The summed E-state index contributed by atoms with van der Waals surface area (Å²) in [6.07, 6.45) is 4.26. The van der Waals surface area contributed by atoms with Crippen LogP contribution < -0.4 is 0 Å². The molecular formula is C25H44N2O7. The Morgan fingerprint density at radius 1 is 0.882 bits per heavy atom. The van der Waals surface area contributed by atoms with Crippen LogP contribution in [0.1, 0.15) is 66.2 Å². The fourth-order valence-electron chi connectivity index (χ4n) is 5.37. The molecule has 3 atom stereocenters. The highest BCUT2D eigenvalue weighted by atomic mass is 16.6. The highest BCUT2D eigenvalue weighted by Crippen LogP contribution is 2.38. The molecule has 0 aromatic heterocycles. The average molecular weight is 485 g/mol. The third-order valence-corrected chi connectivity index (χ3v) is 7.07. The number of esters is 2. The van der Waals surface area contributed by atoms with Crippen LogP contribution in [0.25, 0.3) is 0 Å². The molecule has 0 spiro atoms. The van der Waals surface area contributed by atoms with Crippen LogP contribution >= 0.6 is 0 Å². The van der Waals surface area contributed by atoms with Crippen molar-refractivity contribution in [2.24, 2.45) is 5.92 Å². The smallest absolute Gasteiger partial charge is 0.371 e. The number of hydrogen-bond acceptors (Lipinski definition) is 9. The van der Waals surface area contributed by atoms with Gasteiger partial charge >= 0.3 is 11.9 Å². The summed E-state index contributed by atoms with van der Waals surface area (Å²) in [5.41, 5.74) is -0.659. The van der Waals surface area contributed by atoms with Crippen molar-refractivity contribution >= 4 is 11.9 Å². The first-order valence-electron chi connectivity index (χ1n) is 12.8. The zero-order valence-corrected chi connectivity index (χ0v) is 21.8. The van der Waals surface area contributed by atoms with Gasteiger partial charge in [0, 0.05) is 40.4 Å². The van der Waals surface area contributed by atoms with Crippen molar-refractivity contribution < 1.29 is 33.3 Å². The molecular weight excluding hydrogens is 440 g/mol. The van der Waals surface area contributed by atoms with Gasteiger partial charge in [-0.3, -0.25) is 9.69 Å². The maximum absolute atomic E-state index is 14.0. The van der Waals surface area contributed by atoms with Crippen molar-refractivity contribution in [1.82, 2.24) is 9.80 Å². The first-order chi connectivity index (χ1) is 16.1. The molecule has 9 heteroatoms. The summed E-state index contributed by atoms with van der Waals surface area (Å²) in [5, 5.41) is 0. The zero-order valence-electron chi connectivity index (χ0n) is 21.8. The molecule has 3 fully saturated rings. The molecule has 0 aromatic rings. The highest BCUT2D eigenvalue weighted by Gasteiger charge is 2.58. The van der Waals surface area contributed by atoms with E-state index in [1.807, 2.05) is 32.6 Å². The standard InChI is InChI=1S/C25H44N2O7/c1-7-32-22(28)18-10-12-19(13-11-18)33-25(26-14-8-9-15-26,23(29)34-24(2,3)4)27-16-20(30-5)21(17-27)31-6/h18-21H,7-17H2,1-6H3/t18?,19?,20-,21+,25?. The van der Waals surface area contributed by atoms with E-state index in [-0.39, 0.29) is 36.2 Å². The Labute approximate surface area is 204 Å². The predicted molar refractivity (Wildman–Crippen MR) is 126 cm³/mol. The molecule has 0 N–H and O–H groups in total. The molecule has 0 radical (unpaired) electrons. The van der Waals surface area contributed by atoms with Crippen molar-refractivity contribution in [1.29, 1.82) is 0 Å². The SMILES string of the molecule is CCOC(=O)C1CCC(OC(C(=O)OC(C)(C)C)(N2CCCC2)N2C[C@H](OC)[C@H](OC)C2)CC1. The van der Waals surface area contributed by atoms with Crippen molar-refractivity contribution in [2.75, 3.05) is 47.0 Å². The number of carbonyl (C=O) groups is 2. The summed E-state index contributed by atoms with van der Waals surface area (Å²) in [6, 6.07) is 0. The Hall–Kier alpha value is -1.26. The van der Waals surface area contributed by atoms with E-state index in [1.54, 1.807) is 14.2 Å². The van der Waals surface area contributed by atoms with Crippen LogP contribution in [0, 0.1) is 5.92 Å². The van der Waals surface area contributed by atoms with E-state index >= 15 is 0 Å². The van der Waals surface area contributed by atoms with Crippen LogP contribution in [0.3, 0.4) is 0 Å². The topological polar surface area (TPSA) is 86.8 Å². The van der Waals surface area contributed by atoms with Gasteiger partial charge in [0.2, 0.25) is 0 Å². The maximum atomic E-state index is 14.0.